The zero-order valence-corrected chi connectivity index (χ0v) is 20.5. The molecule has 35 heavy (non-hydrogen) atoms. The van der Waals surface area contributed by atoms with Crippen molar-refractivity contribution in [2.75, 3.05) is 5.32 Å². The molecule has 1 aliphatic heterocycles. The number of benzene rings is 1. The predicted octanol–water partition coefficient (Wildman–Crippen LogP) is 3.78. The zero-order valence-electron chi connectivity index (χ0n) is 19.6. The molecular weight excluding hydrogens is 475 g/mol. The van der Waals surface area contributed by atoms with Crippen LogP contribution in [0.2, 0.25) is 0 Å². The lowest BCUT2D eigenvalue weighted by Crippen LogP contribution is -2.43. The normalized spacial score (nSPS) is 29.5. The molecule has 2 aliphatic carbocycles. The van der Waals surface area contributed by atoms with Gasteiger partial charge < -0.3 is 20.5 Å². The summed E-state index contributed by atoms with van der Waals surface area (Å²) in [5, 5.41) is 23.1. The molecule has 2 atom stereocenters. The zero-order chi connectivity index (χ0) is 24.8. The number of amides is 1. The third kappa shape index (κ3) is 5.45. The maximum atomic E-state index is 14.9. The van der Waals surface area contributed by atoms with Gasteiger partial charge in [-0.15, -0.1) is 0 Å². The molecule has 4 N–H and O–H groups in total. The quantitative estimate of drug-likeness (QED) is 0.485. The number of aromatic nitrogens is 2. The van der Waals surface area contributed by atoms with Gasteiger partial charge in [-0.05, 0) is 63.5 Å². The van der Waals surface area contributed by atoms with Crippen molar-refractivity contribution >= 4 is 27.4 Å². The number of sulfone groups is 1. The Morgan fingerprint density at radius 2 is 2.00 bits per heavy atom. The Morgan fingerprint density at radius 3 is 2.77 bits per heavy atom. The van der Waals surface area contributed by atoms with E-state index in [1.807, 2.05) is 13.0 Å². The minimum atomic E-state index is -3.29. The first kappa shape index (κ1) is 24.1. The maximum Gasteiger partial charge on any atom is 0.407 e. The highest BCUT2D eigenvalue weighted by molar-refractivity contribution is 7.90. The van der Waals surface area contributed by atoms with Gasteiger partial charge in [0.25, 0.3) is 0 Å². The lowest BCUT2D eigenvalue weighted by Gasteiger charge is -2.33. The number of H-pyrrole nitrogens is 1. The van der Waals surface area contributed by atoms with Crippen LogP contribution in [0.1, 0.15) is 74.6 Å². The highest BCUT2D eigenvalue weighted by Crippen LogP contribution is 2.37. The molecule has 2 saturated carbocycles. The molecule has 2 heterocycles. The Kier molecular flexibility index (Phi) is 6.25. The number of aliphatic hydroxyl groups is 1. The summed E-state index contributed by atoms with van der Waals surface area (Å²) in [6.45, 7) is 1.82. The molecule has 0 radical (unpaired) electrons. The minimum absolute atomic E-state index is 0.0286. The van der Waals surface area contributed by atoms with E-state index in [0.717, 1.165) is 31.4 Å². The van der Waals surface area contributed by atoms with E-state index in [4.69, 9.17) is 4.74 Å². The minimum Gasteiger partial charge on any atom is -0.446 e. The van der Waals surface area contributed by atoms with Crippen molar-refractivity contribution < 1.29 is 27.4 Å². The van der Waals surface area contributed by atoms with E-state index in [9.17, 15) is 22.7 Å². The van der Waals surface area contributed by atoms with Crippen LogP contribution < -0.4 is 10.6 Å². The fraction of sp³-hybridized carbons (Fsp3) is 0.583. The third-order valence-electron chi connectivity index (χ3n) is 7.42. The third-order valence-corrected chi connectivity index (χ3v) is 8.90. The molecule has 2 fully saturated rings. The Bertz CT molecular complexity index is 1220. The fourth-order valence-corrected chi connectivity index (χ4v) is 6.97. The molecule has 190 valence electrons. The molecule has 0 saturated heterocycles. The van der Waals surface area contributed by atoms with E-state index in [2.05, 4.69) is 20.8 Å². The van der Waals surface area contributed by atoms with E-state index >= 15 is 0 Å². The topological polar surface area (TPSA) is 133 Å². The Labute approximate surface area is 203 Å². The van der Waals surface area contributed by atoms with Gasteiger partial charge in [-0.1, -0.05) is 6.07 Å². The number of ether oxygens (including phenoxy) is 1. The first-order valence-electron chi connectivity index (χ1n) is 12.1. The van der Waals surface area contributed by atoms with Gasteiger partial charge in [-0.25, -0.2) is 17.6 Å². The fourth-order valence-electron chi connectivity index (χ4n) is 5.37. The number of fused-ring (bicyclic) bond motifs is 1. The SMILES string of the molecule is CC1(O)CCC(NC(=O)OC2CCC(c3cc(Nc4ccc5c(c4F)CS(=O)(=O)C5)n[nH]3)C2)CC1. The molecule has 9 nitrogen and oxygen atoms in total. The molecule has 1 aromatic carbocycles. The van der Waals surface area contributed by atoms with E-state index in [0.29, 0.717) is 30.6 Å². The van der Waals surface area contributed by atoms with Gasteiger partial charge in [-0.3, -0.25) is 5.10 Å². The van der Waals surface area contributed by atoms with Gasteiger partial charge in [0.1, 0.15) is 6.10 Å². The monoisotopic (exact) mass is 506 g/mol. The Morgan fingerprint density at radius 1 is 1.23 bits per heavy atom. The van der Waals surface area contributed by atoms with Gasteiger partial charge in [0, 0.05) is 29.3 Å². The molecule has 0 bridgehead atoms. The average Bonchev–Trinajstić information content (AvgIpc) is 3.50. The molecule has 3 aliphatic rings. The lowest BCUT2D eigenvalue weighted by atomic mass is 9.84. The van der Waals surface area contributed by atoms with E-state index in [1.54, 1.807) is 6.07 Å². The molecule has 11 heteroatoms. The van der Waals surface area contributed by atoms with Crippen molar-refractivity contribution in [2.24, 2.45) is 0 Å². The van der Waals surface area contributed by atoms with Crippen LogP contribution in [-0.2, 0) is 26.1 Å². The van der Waals surface area contributed by atoms with Crippen LogP contribution in [0, 0.1) is 5.82 Å². The summed E-state index contributed by atoms with van der Waals surface area (Å²) in [6.07, 6.45) is 4.43. The largest absolute Gasteiger partial charge is 0.446 e. The molecule has 0 spiro atoms. The Balaban J connectivity index is 1.14. The number of nitrogens with one attached hydrogen (secondary N) is 3. The van der Waals surface area contributed by atoms with Crippen molar-refractivity contribution in [3.63, 3.8) is 0 Å². The Hall–Kier alpha value is -2.66. The van der Waals surface area contributed by atoms with E-state index in [1.165, 1.54) is 6.07 Å². The van der Waals surface area contributed by atoms with Gasteiger partial charge in [-0.2, -0.15) is 5.10 Å². The van der Waals surface area contributed by atoms with Crippen molar-refractivity contribution in [1.82, 2.24) is 15.5 Å². The number of hydrogen-bond donors (Lipinski definition) is 4. The molecule has 5 rings (SSSR count). The number of rotatable bonds is 5. The van der Waals surface area contributed by atoms with Gasteiger partial charge in [0.05, 0.1) is 22.8 Å². The van der Waals surface area contributed by atoms with Gasteiger partial charge in [0.15, 0.2) is 21.5 Å². The summed E-state index contributed by atoms with van der Waals surface area (Å²) in [6, 6.07) is 5.01. The number of aromatic amines is 1. The van der Waals surface area contributed by atoms with Crippen molar-refractivity contribution in [3.05, 3.63) is 40.8 Å². The molecule has 2 aromatic rings. The number of alkyl carbamates (subject to hydrolysis) is 1. The summed E-state index contributed by atoms with van der Waals surface area (Å²) >= 11 is 0. The molecule has 1 amide bonds. The number of carbonyl (C=O) groups excluding carboxylic acids is 1. The maximum absolute atomic E-state index is 14.9. The second-order valence-electron chi connectivity index (χ2n) is 10.4. The number of nitrogens with zero attached hydrogens (tertiary/aromatic N) is 1. The average molecular weight is 507 g/mol. The van der Waals surface area contributed by atoms with Crippen LogP contribution in [0.25, 0.3) is 0 Å². The van der Waals surface area contributed by atoms with Crippen molar-refractivity contribution in [2.45, 2.75) is 87.0 Å². The van der Waals surface area contributed by atoms with Crippen molar-refractivity contribution in [1.29, 1.82) is 0 Å². The summed E-state index contributed by atoms with van der Waals surface area (Å²) in [5.41, 5.74) is 1.14. The predicted molar refractivity (Wildman–Crippen MR) is 127 cm³/mol. The van der Waals surface area contributed by atoms with Crippen LogP contribution in [0.4, 0.5) is 20.7 Å². The van der Waals surface area contributed by atoms with E-state index < -0.39 is 27.3 Å². The summed E-state index contributed by atoms with van der Waals surface area (Å²) in [5.74, 6) is -0.396. The standard InChI is InChI=1S/C24H31FN4O5S/c1-24(31)8-6-16(7-9-24)26-23(30)34-17-4-2-14(10-17)20-11-21(29-28-20)27-19-5-3-15-12-35(32,33)13-18(15)22(19)25/h3,5,11,14,16-17,31H,2,4,6-10,12-13H2,1H3,(H,26,30)(H2,27,28,29). The highest BCUT2D eigenvalue weighted by atomic mass is 32.2. The van der Waals surface area contributed by atoms with Gasteiger partial charge in [0.2, 0.25) is 0 Å². The number of halogens is 1. The number of carbonyl (C=O) groups is 1. The summed E-state index contributed by atoms with van der Waals surface area (Å²) in [4.78, 5) is 12.3. The summed E-state index contributed by atoms with van der Waals surface area (Å²) in [7, 11) is -3.29. The number of anilines is 2. The van der Waals surface area contributed by atoms with Gasteiger partial charge >= 0.3 is 6.09 Å². The lowest BCUT2D eigenvalue weighted by molar-refractivity contribution is 0.0126. The van der Waals surface area contributed by atoms with E-state index in [-0.39, 0.29) is 40.8 Å². The molecule has 2 unspecified atom stereocenters. The molecule has 1 aromatic heterocycles. The number of hydrogen-bond acceptors (Lipinski definition) is 7. The van der Waals surface area contributed by atoms with Crippen molar-refractivity contribution in [3.8, 4) is 0 Å². The van der Waals surface area contributed by atoms with Crippen LogP contribution in [0.3, 0.4) is 0 Å². The molecular formula is C24H31FN4O5S. The first-order chi connectivity index (χ1) is 16.6. The van der Waals surface area contributed by atoms with Crippen LogP contribution >= 0.6 is 0 Å². The second kappa shape index (κ2) is 9.09. The smallest absolute Gasteiger partial charge is 0.407 e. The summed E-state index contributed by atoms with van der Waals surface area (Å²) < 4.78 is 44.1. The van der Waals surface area contributed by atoms with Crippen LogP contribution in [0.5, 0.6) is 0 Å². The highest BCUT2D eigenvalue weighted by Gasteiger charge is 2.33. The second-order valence-corrected chi connectivity index (χ2v) is 12.4. The van der Waals surface area contributed by atoms with Crippen LogP contribution in [0.15, 0.2) is 18.2 Å². The van der Waals surface area contributed by atoms with Crippen LogP contribution in [-0.4, -0.2) is 47.6 Å². The first-order valence-corrected chi connectivity index (χ1v) is 13.9.